The zero-order valence-corrected chi connectivity index (χ0v) is 13.3. The van der Waals surface area contributed by atoms with E-state index in [2.05, 4.69) is 24.0 Å². The number of hydrogen-bond donors (Lipinski definition) is 1. The van der Waals surface area contributed by atoms with Crippen molar-refractivity contribution in [3.63, 3.8) is 0 Å². The van der Waals surface area contributed by atoms with Crippen molar-refractivity contribution in [2.45, 2.75) is 37.5 Å². The van der Waals surface area contributed by atoms with E-state index in [9.17, 15) is 4.79 Å². The first-order valence-corrected chi connectivity index (χ1v) is 7.84. The molecule has 4 heteroatoms. The van der Waals surface area contributed by atoms with Crippen molar-refractivity contribution >= 4 is 17.7 Å². The van der Waals surface area contributed by atoms with Crippen LogP contribution >= 0.6 is 11.8 Å². The van der Waals surface area contributed by atoms with E-state index in [1.165, 1.54) is 11.1 Å². The number of hydrogen-bond acceptors (Lipinski definition) is 3. The van der Waals surface area contributed by atoms with E-state index in [1.807, 2.05) is 31.2 Å². The number of carboxylic acids is 1. The maximum atomic E-state index is 10.9. The van der Waals surface area contributed by atoms with E-state index < -0.39 is 11.9 Å². The summed E-state index contributed by atoms with van der Waals surface area (Å²) in [6, 6.07) is 11.9. The van der Waals surface area contributed by atoms with Gasteiger partial charge in [0.2, 0.25) is 0 Å². The van der Waals surface area contributed by atoms with Crippen molar-refractivity contribution in [1.82, 2.24) is 4.98 Å². The number of thioether (sulfide) groups is 1. The predicted molar refractivity (Wildman–Crippen MR) is 85.8 cm³/mol. The van der Waals surface area contributed by atoms with Crippen LogP contribution in [0.5, 0.6) is 0 Å². The molecule has 0 saturated carbocycles. The van der Waals surface area contributed by atoms with Crippen LogP contribution in [0.15, 0.2) is 41.4 Å². The van der Waals surface area contributed by atoms with Gasteiger partial charge in [-0.25, -0.2) is 4.98 Å². The number of carbonyl (C=O) groups is 1. The van der Waals surface area contributed by atoms with E-state index in [0.717, 1.165) is 22.0 Å². The molecular formula is C17H19NO2S. The van der Waals surface area contributed by atoms with Gasteiger partial charge in [-0.05, 0) is 49.6 Å². The summed E-state index contributed by atoms with van der Waals surface area (Å²) in [5.74, 6) is -0.429. The first kappa shape index (κ1) is 15.6. The third kappa shape index (κ3) is 4.33. The Morgan fingerprint density at radius 3 is 2.48 bits per heavy atom. The number of aryl methyl sites for hydroxylation is 2. The molecule has 3 nitrogen and oxygen atoms in total. The molecule has 1 aromatic carbocycles. The zero-order valence-electron chi connectivity index (χ0n) is 12.5. The monoisotopic (exact) mass is 301 g/mol. The van der Waals surface area contributed by atoms with Crippen LogP contribution in [-0.4, -0.2) is 16.1 Å². The van der Waals surface area contributed by atoms with Crippen LogP contribution in [0.4, 0.5) is 0 Å². The molecule has 0 aliphatic rings. The van der Waals surface area contributed by atoms with Crippen LogP contribution in [-0.2, 0) is 10.5 Å². The Hall–Kier alpha value is -1.81. The molecule has 1 aromatic heterocycles. The molecule has 0 fully saturated rings. The molecule has 0 bridgehead atoms. The summed E-state index contributed by atoms with van der Waals surface area (Å²) in [4.78, 5) is 15.5. The van der Waals surface area contributed by atoms with Crippen molar-refractivity contribution < 1.29 is 9.90 Å². The topological polar surface area (TPSA) is 50.2 Å². The van der Waals surface area contributed by atoms with Gasteiger partial charge >= 0.3 is 5.97 Å². The fourth-order valence-electron chi connectivity index (χ4n) is 2.08. The molecule has 1 heterocycles. The number of carboxylic acid groups (broad SMARTS) is 1. The number of pyridine rings is 1. The second-order valence-corrected chi connectivity index (χ2v) is 6.21. The maximum Gasteiger partial charge on any atom is 0.310 e. The van der Waals surface area contributed by atoms with E-state index in [0.29, 0.717) is 0 Å². The summed E-state index contributed by atoms with van der Waals surface area (Å²) >= 11 is 1.69. The van der Waals surface area contributed by atoms with E-state index in [4.69, 9.17) is 5.11 Å². The van der Waals surface area contributed by atoms with Gasteiger partial charge in [0.1, 0.15) is 0 Å². The highest BCUT2D eigenvalue weighted by Gasteiger charge is 2.12. The van der Waals surface area contributed by atoms with Crippen LogP contribution in [0.1, 0.15) is 35.2 Å². The minimum absolute atomic E-state index is 0.465. The number of aromatic nitrogens is 1. The quantitative estimate of drug-likeness (QED) is 0.842. The minimum Gasteiger partial charge on any atom is -0.481 e. The first-order chi connectivity index (χ1) is 9.95. The lowest BCUT2D eigenvalue weighted by molar-refractivity contribution is -0.138. The molecule has 1 unspecified atom stereocenters. The number of nitrogens with zero attached hydrogens (tertiary/aromatic N) is 1. The molecule has 0 aliphatic carbocycles. The molecule has 0 amide bonds. The van der Waals surface area contributed by atoms with Crippen molar-refractivity contribution in [1.29, 1.82) is 0 Å². The van der Waals surface area contributed by atoms with E-state index in [-0.39, 0.29) is 0 Å². The Morgan fingerprint density at radius 1 is 1.24 bits per heavy atom. The Bertz CT molecular complexity index is 617. The Kier molecular flexibility index (Phi) is 5.02. The van der Waals surface area contributed by atoms with Crippen LogP contribution in [0.25, 0.3) is 0 Å². The highest BCUT2D eigenvalue weighted by Crippen LogP contribution is 2.23. The third-order valence-corrected chi connectivity index (χ3v) is 4.29. The molecule has 0 aliphatic heterocycles. The summed E-state index contributed by atoms with van der Waals surface area (Å²) in [5.41, 5.74) is 4.25. The summed E-state index contributed by atoms with van der Waals surface area (Å²) in [6.45, 7) is 5.77. The van der Waals surface area contributed by atoms with Crippen molar-refractivity contribution in [2.75, 3.05) is 0 Å². The molecule has 2 rings (SSSR count). The Labute approximate surface area is 129 Å². The van der Waals surface area contributed by atoms with Gasteiger partial charge in [-0.2, -0.15) is 0 Å². The molecule has 110 valence electrons. The van der Waals surface area contributed by atoms with Crippen LogP contribution in [0.2, 0.25) is 0 Å². The van der Waals surface area contributed by atoms with Crippen molar-refractivity contribution in [3.8, 4) is 0 Å². The molecule has 21 heavy (non-hydrogen) atoms. The average Bonchev–Trinajstić information content (AvgIpc) is 2.44. The van der Waals surface area contributed by atoms with Crippen LogP contribution < -0.4 is 0 Å². The summed E-state index contributed by atoms with van der Waals surface area (Å²) in [7, 11) is 0. The van der Waals surface area contributed by atoms with E-state index in [1.54, 1.807) is 18.7 Å². The zero-order chi connectivity index (χ0) is 15.4. The number of rotatable bonds is 5. The molecule has 0 saturated heterocycles. The lowest BCUT2D eigenvalue weighted by Crippen LogP contribution is -2.07. The van der Waals surface area contributed by atoms with Crippen molar-refractivity contribution in [3.05, 3.63) is 58.8 Å². The second-order valence-electron chi connectivity index (χ2n) is 5.21. The van der Waals surface area contributed by atoms with E-state index >= 15 is 0 Å². The van der Waals surface area contributed by atoms with Gasteiger partial charge in [-0.1, -0.05) is 24.3 Å². The van der Waals surface area contributed by atoms with Gasteiger partial charge in [0.25, 0.3) is 0 Å². The first-order valence-electron chi connectivity index (χ1n) is 6.85. The van der Waals surface area contributed by atoms with Crippen LogP contribution in [0, 0.1) is 13.8 Å². The normalized spacial score (nSPS) is 12.1. The fraction of sp³-hybridized carbons (Fsp3) is 0.294. The summed E-state index contributed by atoms with van der Waals surface area (Å²) < 4.78 is 0. The highest BCUT2D eigenvalue weighted by molar-refractivity contribution is 7.98. The Morgan fingerprint density at radius 2 is 1.90 bits per heavy atom. The van der Waals surface area contributed by atoms with Crippen LogP contribution in [0.3, 0.4) is 0 Å². The van der Waals surface area contributed by atoms with Gasteiger partial charge in [0, 0.05) is 11.4 Å². The minimum atomic E-state index is -0.795. The second kappa shape index (κ2) is 6.76. The summed E-state index contributed by atoms with van der Waals surface area (Å²) in [6.07, 6.45) is 0. The highest BCUT2D eigenvalue weighted by atomic mass is 32.2. The largest absolute Gasteiger partial charge is 0.481 e. The van der Waals surface area contributed by atoms with Gasteiger partial charge in [0.15, 0.2) is 0 Å². The van der Waals surface area contributed by atoms with Gasteiger partial charge < -0.3 is 5.11 Å². The van der Waals surface area contributed by atoms with Crippen molar-refractivity contribution in [2.24, 2.45) is 0 Å². The predicted octanol–water partition coefficient (Wildman–Crippen LogP) is 4.18. The maximum absolute atomic E-state index is 10.9. The lowest BCUT2D eigenvalue weighted by Gasteiger charge is -2.08. The van der Waals surface area contributed by atoms with Gasteiger partial charge in [-0.3, -0.25) is 4.79 Å². The summed E-state index contributed by atoms with van der Waals surface area (Å²) in [5, 5.41) is 10.0. The van der Waals surface area contributed by atoms with Gasteiger partial charge in [-0.15, -0.1) is 11.8 Å². The third-order valence-electron chi connectivity index (χ3n) is 3.31. The standard InChI is InChI=1S/C17H19NO2S/c1-11-8-12(2)18-16(9-11)21-10-14-4-6-15(7-5-14)13(3)17(19)20/h4-9,13H,10H2,1-3H3,(H,19,20). The smallest absolute Gasteiger partial charge is 0.310 e. The fourth-order valence-corrected chi connectivity index (χ4v) is 3.07. The average molecular weight is 301 g/mol. The molecule has 0 spiro atoms. The SMILES string of the molecule is Cc1cc(C)nc(SCc2ccc(C(C)C(=O)O)cc2)c1. The molecular weight excluding hydrogens is 282 g/mol. The molecule has 0 radical (unpaired) electrons. The number of benzene rings is 1. The van der Waals surface area contributed by atoms with Gasteiger partial charge in [0.05, 0.1) is 10.9 Å². The lowest BCUT2D eigenvalue weighted by atomic mass is 10.0. The number of aliphatic carboxylic acids is 1. The Balaban J connectivity index is 2.02. The molecule has 2 aromatic rings. The molecule has 1 N–H and O–H groups in total. The molecule has 1 atom stereocenters.